The normalized spacial score (nSPS) is 27.1. The van der Waals surface area contributed by atoms with Crippen LogP contribution in [-0.2, 0) is 4.79 Å². The van der Waals surface area contributed by atoms with Gasteiger partial charge >= 0.3 is 0 Å². The summed E-state index contributed by atoms with van der Waals surface area (Å²) in [5.41, 5.74) is 0. The molecule has 0 aromatic heterocycles. The number of hydrogen-bond acceptors (Lipinski definition) is 3. The van der Waals surface area contributed by atoms with Gasteiger partial charge < -0.3 is 9.80 Å². The summed E-state index contributed by atoms with van der Waals surface area (Å²) in [6.07, 6.45) is 3.39. The number of nitrogens with one attached hydrogen (secondary N) is 1. The summed E-state index contributed by atoms with van der Waals surface area (Å²) in [5, 5.41) is 3.55. The van der Waals surface area contributed by atoms with E-state index in [4.69, 9.17) is 0 Å². The van der Waals surface area contributed by atoms with E-state index in [1.54, 1.807) is 0 Å². The first-order chi connectivity index (χ1) is 8.92. The Kier molecular flexibility index (Phi) is 6.27. The van der Waals surface area contributed by atoms with Crippen LogP contribution in [-0.4, -0.2) is 54.6 Å². The summed E-state index contributed by atoms with van der Waals surface area (Å²) in [6.45, 7) is 9.57. The monoisotopic (exact) mass is 269 g/mol. The number of carbonyl (C=O) groups excluding carboxylic acids is 1. The first kappa shape index (κ1) is 16.4. The predicted octanol–water partition coefficient (Wildman–Crippen LogP) is 1.91. The Morgan fingerprint density at radius 3 is 2.42 bits per heavy atom. The zero-order chi connectivity index (χ0) is 14.6. The molecule has 0 spiro atoms. The number of nitrogens with zero attached hydrogens (tertiary/aromatic N) is 2. The van der Waals surface area contributed by atoms with Gasteiger partial charge in [-0.05, 0) is 33.4 Å². The van der Waals surface area contributed by atoms with Crippen molar-refractivity contribution < 1.29 is 4.79 Å². The minimum absolute atomic E-state index is 0.00571. The quantitative estimate of drug-likeness (QED) is 0.767. The van der Waals surface area contributed by atoms with Gasteiger partial charge in [0.1, 0.15) is 0 Å². The molecule has 1 saturated heterocycles. The molecular weight excluding hydrogens is 238 g/mol. The Balaban J connectivity index is 2.82. The van der Waals surface area contributed by atoms with Crippen molar-refractivity contribution in [1.82, 2.24) is 15.1 Å². The molecule has 1 fully saturated rings. The van der Waals surface area contributed by atoms with E-state index in [0.29, 0.717) is 11.8 Å². The molecule has 112 valence electrons. The second-order valence-corrected chi connectivity index (χ2v) is 6.19. The molecular formula is C15H31N3O. The molecule has 0 aromatic carbocycles. The second kappa shape index (κ2) is 7.25. The Labute approximate surface area is 118 Å². The lowest BCUT2D eigenvalue weighted by atomic mass is 9.99. The summed E-state index contributed by atoms with van der Waals surface area (Å²) >= 11 is 0. The zero-order valence-corrected chi connectivity index (χ0v) is 13.4. The maximum Gasteiger partial charge on any atom is 0.241 e. The van der Waals surface area contributed by atoms with Crippen LogP contribution in [0.1, 0.15) is 47.0 Å². The van der Waals surface area contributed by atoms with Gasteiger partial charge in [0.05, 0.1) is 12.2 Å². The smallest absolute Gasteiger partial charge is 0.241 e. The third-order valence-corrected chi connectivity index (χ3v) is 4.11. The highest BCUT2D eigenvalue weighted by atomic mass is 16.2. The molecule has 0 aromatic rings. The van der Waals surface area contributed by atoms with E-state index in [1.807, 2.05) is 0 Å². The molecule has 0 saturated carbocycles. The van der Waals surface area contributed by atoms with Crippen molar-refractivity contribution >= 4 is 5.91 Å². The standard InChI is InChI=1S/C15H31N3O/c1-7-9-13-16-14(11(3)8-2)15(19)18(13)12(4)10-17(5)6/h11-14,16H,7-10H2,1-6H3. The maximum atomic E-state index is 12.7. The average molecular weight is 269 g/mol. The maximum absolute atomic E-state index is 12.7. The number of likely N-dealkylation sites (N-methyl/N-ethyl adjacent to an activating group) is 1. The summed E-state index contributed by atoms with van der Waals surface area (Å²) in [4.78, 5) is 16.9. The Morgan fingerprint density at radius 1 is 1.32 bits per heavy atom. The van der Waals surface area contributed by atoms with Crippen molar-refractivity contribution in [2.75, 3.05) is 20.6 Å². The van der Waals surface area contributed by atoms with Crippen LogP contribution in [0.15, 0.2) is 0 Å². The fourth-order valence-electron chi connectivity index (χ4n) is 2.95. The van der Waals surface area contributed by atoms with E-state index in [1.165, 1.54) is 0 Å². The number of amides is 1. The highest BCUT2D eigenvalue weighted by molar-refractivity contribution is 5.85. The van der Waals surface area contributed by atoms with Gasteiger partial charge in [-0.2, -0.15) is 0 Å². The third-order valence-electron chi connectivity index (χ3n) is 4.11. The van der Waals surface area contributed by atoms with E-state index in [9.17, 15) is 4.79 Å². The van der Waals surface area contributed by atoms with Crippen LogP contribution in [0.2, 0.25) is 0 Å². The van der Waals surface area contributed by atoms with Gasteiger partial charge in [0.15, 0.2) is 0 Å². The van der Waals surface area contributed by atoms with E-state index in [0.717, 1.165) is 25.8 Å². The molecule has 1 heterocycles. The fourth-order valence-corrected chi connectivity index (χ4v) is 2.95. The minimum atomic E-state index is 0.00571. The van der Waals surface area contributed by atoms with Gasteiger partial charge in [0.2, 0.25) is 5.91 Å². The molecule has 4 atom stereocenters. The van der Waals surface area contributed by atoms with Crippen LogP contribution in [0.4, 0.5) is 0 Å². The number of carbonyl (C=O) groups is 1. The molecule has 0 bridgehead atoms. The number of rotatable bonds is 7. The third kappa shape index (κ3) is 3.93. The summed E-state index contributed by atoms with van der Waals surface area (Å²) in [6, 6.07) is 0.270. The van der Waals surface area contributed by atoms with Gasteiger partial charge in [-0.3, -0.25) is 10.1 Å². The lowest BCUT2D eigenvalue weighted by Gasteiger charge is -2.32. The molecule has 0 radical (unpaired) electrons. The average Bonchev–Trinajstić information content (AvgIpc) is 2.65. The fraction of sp³-hybridized carbons (Fsp3) is 0.933. The first-order valence-electron chi connectivity index (χ1n) is 7.65. The molecule has 1 aliphatic rings. The molecule has 1 aliphatic heterocycles. The van der Waals surface area contributed by atoms with Crippen molar-refractivity contribution in [3.05, 3.63) is 0 Å². The summed E-state index contributed by atoms with van der Waals surface area (Å²) in [5.74, 6) is 0.700. The molecule has 4 heteroatoms. The predicted molar refractivity (Wildman–Crippen MR) is 79.9 cm³/mol. The van der Waals surface area contributed by atoms with Crippen molar-refractivity contribution in [3.63, 3.8) is 0 Å². The first-order valence-corrected chi connectivity index (χ1v) is 7.65. The highest BCUT2D eigenvalue weighted by Gasteiger charge is 2.42. The highest BCUT2D eigenvalue weighted by Crippen LogP contribution is 2.24. The molecule has 0 aliphatic carbocycles. The molecule has 19 heavy (non-hydrogen) atoms. The summed E-state index contributed by atoms with van der Waals surface area (Å²) < 4.78 is 0. The Morgan fingerprint density at radius 2 is 1.95 bits per heavy atom. The van der Waals surface area contributed by atoms with Gasteiger partial charge in [0, 0.05) is 12.6 Å². The van der Waals surface area contributed by atoms with Gasteiger partial charge in [-0.15, -0.1) is 0 Å². The van der Waals surface area contributed by atoms with Crippen molar-refractivity contribution in [3.8, 4) is 0 Å². The van der Waals surface area contributed by atoms with Gasteiger partial charge in [-0.25, -0.2) is 0 Å². The topological polar surface area (TPSA) is 35.6 Å². The van der Waals surface area contributed by atoms with Gasteiger partial charge in [-0.1, -0.05) is 33.6 Å². The van der Waals surface area contributed by atoms with Crippen LogP contribution in [0.5, 0.6) is 0 Å². The molecule has 4 nitrogen and oxygen atoms in total. The van der Waals surface area contributed by atoms with Crippen molar-refractivity contribution in [2.45, 2.75) is 65.2 Å². The van der Waals surface area contributed by atoms with E-state index in [-0.39, 0.29) is 18.2 Å². The molecule has 4 unspecified atom stereocenters. The molecule has 1 amide bonds. The Bertz CT molecular complexity index is 293. The van der Waals surface area contributed by atoms with E-state index >= 15 is 0 Å². The minimum Gasteiger partial charge on any atom is -0.322 e. The van der Waals surface area contributed by atoms with Crippen LogP contribution in [0.25, 0.3) is 0 Å². The van der Waals surface area contributed by atoms with Crippen molar-refractivity contribution in [1.29, 1.82) is 0 Å². The van der Waals surface area contributed by atoms with Crippen LogP contribution in [0, 0.1) is 5.92 Å². The Hall–Kier alpha value is -0.610. The summed E-state index contributed by atoms with van der Waals surface area (Å²) in [7, 11) is 4.12. The number of hydrogen-bond donors (Lipinski definition) is 1. The lowest BCUT2D eigenvalue weighted by Crippen LogP contribution is -2.47. The zero-order valence-electron chi connectivity index (χ0n) is 13.4. The van der Waals surface area contributed by atoms with E-state index < -0.39 is 0 Å². The van der Waals surface area contributed by atoms with Crippen LogP contribution in [0.3, 0.4) is 0 Å². The van der Waals surface area contributed by atoms with Crippen LogP contribution >= 0.6 is 0 Å². The molecule has 1 rings (SSSR count). The van der Waals surface area contributed by atoms with Gasteiger partial charge in [0.25, 0.3) is 0 Å². The van der Waals surface area contributed by atoms with E-state index in [2.05, 4.69) is 56.9 Å². The SMILES string of the molecule is CCCC1NC(C(C)CC)C(=O)N1C(C)CN(C)C. The van der Waals surface area contributed by atoms with Crippen LogP contribution < -0.4 is 5.32 Å². The largest absolute Gasteiger partial charge is 0.322 e. The lowest BCUT2D eigenvalue weighted by molar-refractivity contribution is -0.133. The van der Waals surface area contributed by atoms with Crippen molar-refractivity contribution in [2.24, 2.45) is 5.92 Å². The molecule has 1 N–H and O–H groups in total. The second-order valence-electron chi connectivity index (χ2n) is 6.19.